The van der Waals surface area contributed by atoms with Gasteiger partial charge in [-0.1, -0.05) is 77.1 Å². The second kappa shape index (κ2) is 11.2. The van der Waals surface area contributed by atoms with Crippen molar-refractivity contribution in [2.45, 2.75) is 20.6 Å². The molecule has 0 aliphatic carbocycles. The SMILES string of the molecule is Fc1ccc2c(c1)oc1cc3c([c-]c12)c1nc2ccccc2n1c1ccccc31.[2H]C([2H])([2H])c1c[c-]c(-c2cc(C([2H])([2H])[2H])c(C([2H])([2H])[2H])cn2)cc1.[Ir]. The second-order valence-corrected chi connectivity index (χ2v) is 10.4. The van der Waals surface area contributed by atoms with Gasteiger partial charge in [0.15, 0.2) is 0 Å². The molecule has 0 aliphatic rings. The number of pyridine rings is 2. The molecule has 0 aliphatic heterocycles. The Kier molecular flexibility index (Phi) is 5.04. The van der Waals surface area contributed by atoms with E-state index in [1.165, 1.54) is 36.4 Å². The smallest absolute Gasteiger partial charge is 0.125 e. The van der Waals surface area contributed by atoms with Crippen molar-refractivity contribution in [1.29, 1.82) is 0 Å². The molecule has 0 spiro atoms. The summed E-state index contributed by atoms with van der Waals surface area (Å²) in [6.45, 7) is -7.47. The van der Waals surface area contributed by atoms with Crippen molar-refractivity contribution < 1.29 is 41.2 Å². The van der Waals surface area contributed by atoms with Crippen LogP contribution in [0.2, 0.25) is 0 Å². The molecular formula is C39H26FIrN3O-2. The van der Waals surface area contributed by atoms with Crippen LogP contribution in [-0.2, 0) is 20.1 Å². The summed E-state index contributed by atoms with van der Waals surface area (Å²) in [5.74, 6) is -0.312. The molecule has 221 valence electrons. The number of aromatic nitrogens is 3. The van der Waals surface area contributed by atoms with Crippen molar-refractivity contribution in [3.05, 3.63) is 138 Å². The number of hydrogen-bond acceptors (Lipinski definition) is 3. The Balaban J connectivity index is 0.000000167. The summed E-state index contributed by atoms with van der Waals surface area (Å²) in [6, 6.07) is 34.7. The minimum absolute atomic E-state index is 0. The molecule has 9 rings (SSSR count). The van der Waals surface area contributed by atoms with Crippen LogP contribution in [0.5, 0.6) is 0 Å². The van der Waals surface area contributed by atoms with Crippen LogP contribution >= 0.6 is 0 Å². The Morgan fingerprint density at radius 3 is 2.44 bits per heavy atom. The van der Waals surface area contributed by atoms with Gasteiger partial charge >= 0.3 is 0 Å². The van der Waals surface area contributed by atoms with Crippen LogP contribution in [0, 0.1) is 38.5 Å². The van der Waals surface area contributed by atoms with E-state index in [1.54, 1.807) is 6.07 Å². The van der Waals surface area contributed by atoms with E-state index in [4.69, 9.17) is 21.7 Å². The minimum atomic E-state index is -2.61. The average Bonchev–Trinajstić information content (AvgIpc) is 3.68. The maximum absolute atomic E-state index is 13.7. The number of hydrogen-bond donors (Lipinski definition) is 0. The van der Waals surface area contributed by atoms with E-state index in [0.717, 1.165) is 55.3 Å². The molecule has 4 nitrogen and oxygen atoms in total. The standard InChI is InChI=1S/C25H12FN2O.C14H14N.Ir/c26-14-9-10-16-18-12-19-17(13-24(18)29-23(16)11-14)15-5-1-3-7-21(15)28-22-8-4-2-6-20(22)27-25(19)28;1-10-4-6-13(7-5-10)14-8-11(2)12(3)9-15-14;/h1-11,13H;4-6,8-9H,1-3H3;/q2*-1;/i;1D3,2D3,3D3;. The van der Waals surface area contributed by atoms with E-state index in [2.05, 4.69) is 39.7 Å². The molecule has 9 aromatic rings. The first-order valence-corrected chi connectivity index (χ1v) is 13.8. The van der Waals surface area contributed by atoms with Gasteiger partial charge in [-0.2, -0.15) is 0 Å². The van der Waals surface area contributed by atoms with Gasteiger partial charge in [-0.3, -0.25) is 4.98 Å². The third kappa shape index (κ3) is 4.87. The number of imidazole rings is 1. The zero-order chi connectivity index (χ0) is 37.4. The molecule has 4 aromatic heterocycles. The molecule has 0 unspecified atom stereocenters. The molecule has 45 heavy (non-hydrogen) atoms. The predicted octanol–water partition coefficient (Wildman–Crippen LogP) is 10.1. The molecule has 0 fully saturated rings. The Morgan fingerprint density at radius 1 is 0.778 bits per heavy atom. The Hall–Kier alpha value is -4.90. The fourth-order valence-electron chi connectivity index (χ4n) is 5.63. The maximum atomic E-state index is 13.7. The quantitative estimate of drug-likeness (QED) is 0.123. The van der Waals surface area contributed by atoms with E-state index in [0.29, 0.717) is 16.7 Å². The number of furan rings is 1. The van der Waals surface area contributed by atoms with Gasteiger partial charge in [0, 0.05) is 50.2 Å². The minimum Gasteiger partial charge on any atom is -0.499 e. The van der Waals surface area contributed by atoms with Crippen LogP contribution in [0.4, 0.5) is 4.39 Å². The van der Waals surface area contributed by atoms with Crippen LogP contribution in [-0.4, -0.2) is 14.4 Å². The van der Waals surface area contributed by atoms with E-state index >= 15 is 0 Å². The van der Waals surface area contributed by atoms with Gasteiger partial charge in [0.25, 0.3) is 0 Å². The largest absolute Gasteiger partial charge is 0.499 e. The average molecular weight is 773 g/mol. The molecule has 1 radical (unpaired) electrons. The van der Waals surface area contributed by atoms with E-state index in [9.17, 15) is 4.39 Å². The maximum Gasteiger partial charge on any atom is 0.125 e. The zero-order valence-corrected chi connectivity index (χ0v) is 25.7. The van der Waals surface area contributed by atoms with E-state index in [1.807, 2.05) is 36.4 Å². The number of halogens is 1. The van der Waals surface area contributed by atoms with Crippen molar-refractivity contribution in [3.63, 3.8) is 0 Å². The predicted molar refractivity (Wildman–Crippen MR) is 177 cm³/mol. The first kappa shape index (κ1) is 20.2. The van der Waals surface area contributed by atoms with Gasteiger partial charge in [-0.25, -0.2) is 4.39 Å². The molecule has 4 heterocycles. The summed E-state index contributed by atoms with van der Waals surface area (Å²) in [5, 5.41) is 4.75. The van der Waals surface area contributed by atoms with Crippen LogP contribution in [0.3, 0.4) is 0 Å². The van der Waals surface area contributed by atoms with Crippen LogP contribution in [0.15, 0.2) is 108 Å². The number of benzene rings is 5. The van der Waals surface area contributed by atoms with E-state index < -0.39 is 20.6 Å². The van der Waals surface area contributed by atoms with Crippen molar-refractivity contribution in [3.8, 4) is 11.3 Å². The summed E-state index contributed by atoms with van der Waals surface area (Å²) in [4.78, 5) is 8.92. The van der Waals surface area contributed by atoms with E-state index in [-0.39, 0.29) is 48.3 Å². The molecule has 0 saturated carbocycles. The summed E-state index contributed by atoms with van der Waals surface area (Å²) >= 11 is 0. The number of nitrogens with zero attached hydrogens (tertiary/aromatic N) is 3. The molecular weight excluding hydrogens is 738 g/mol. The normalized spacial score (nSPS) is 15.2. The first-order valence-electron chi connectivity index (χ1n) is 18.3. The molecule has 0 N–H and O–H groups in total. The summed E-state index contributed by atoms with van der Waals surface area (Å²) in [6.07, 6.45) is 1.02. The third-order valence-electron chi connectivity index (χ3n) is 7.69. The van der Waals surface area contributed by atoms with Crippen LogP contribution < -0.4 is 0 Å². The van der Waals surface area contributed by atoms with Crippen molar-refractivity contribution >= 4 is 60.3 Å². The monoisotopic (exact) mass is 773 g/mol. The van der Waals surface area contributed by atoms with Crippen molar-refractivity contribution in [1.82, 2.24) is 14.4 Å². The van der Waals surface area contributed by atoms with Crippen molar-refractivity contribution in [2.75, 3.05) is 0 Å². The molecule has 0 amide bonds. The molecule has 6 heteroatoms. The first-order chi connectivity index (χ1) is 25.1. The van der Waals surface area contributed by atoms with Crippen LogP contribution in [0.25, 0.3) is 71.6 Å². The molecule has 5 aromatic carbocycles. The van der Waals surface area contributed by atoms with Gasteiger partial charge in [-0.15, -0.1) is 41.5 Å². The Labute approximate surface area is 285 Å². The Morgan fingerprint density at radius 2 is 1.62 bits per heavy atom. The summed E-state index contributed by atoms with van der Waals surface area (Å²) < 4.78 is 88.7. The molecule has 0 saturated heterocycles. The third-order valence-corrected chi connectivity index (χ3v) is 7.69. The van der Waals surface area contributed by atoms with Gasteiger partial charge in [0.2, 0.25) is 0 Å². The van der Waals surface area contributed by atoms with Crippen LogP contribution in [0.1, 0.15) is 29.0 Å². The van der Waals surface area contributed by atoms with Gasteiger partial charge < -0.3 is 13.8 Å². The Bertz CT molecular complexity index is 2880. The second-order valence-electron chi connectivity index (χ2n) is 10.4. The molecule has 0 atom stereocenters. The molecule has 0 bridgehead atoms. The number of rotatable bonds is 1. The fraction of sp³-hybridized carbons (Fsp3) is 0.0769. The van der Waals surface area contributed by atoms with Crippen molar-refractivity contribution in [2.24, 2.45) is 0 Å². The van der Waals surface area contributed by atoms with Gasteiger partial charge in [0.05, 0.1) is 27.8 Å². The summed E-state index contributed by atoms with van der Waals surface area (Å²) in [5.41, 5.74) is 5.23. The summed E-state index contributed by atoms with van der Waals surface area (Å²) in [7, 11) is 0. The van der Waals surface area contributed by atoms with Gasteiger partial charge in [0.1, 0.15) is 5.82 Å². The number of fused-ring (bicyclic) bond motifs is 11. The number of para-hydroxylation sites is 3. The topological polar surface area (TPSA) is 43.3 Å². The van der Waals surface area contributed by atoms with Gasteiger partial charge in [-0.05, 0) is 60.0 Å². The fourth-order valence-corrected chi connectivity index (χ4v) is 5.63. The zero-order valence-electron chi connectivity index (χ0n) is 32.3. The number of aryl methyl sites for hydroxylation is 3.